The van der Waals surface area contributed by atoms with Crippen molar-refractivity contribution in [1.82, 2.24) is 0 Å². The van der Waals surface area contributed by atoms with Crippen molar-refractivity contribution in [3.63, 3.8) is 0 Å². The van der Waals surface area contributed by atoms with Crippen LogP contribution in [0.4, 0.5) is 0 Å². The van der Waals surface area contributed by atoms with Crippen LogP contribution in [0.3, 0.4) is 0 Å². The summed E-state index contributed by atoms with van der Waals surface area (Å²) in [5.74, 6) is 1.11. The fourth-order valence-electron chi connectivity index (χ4n) is 1.26. The van der Waals surface area contributed by atoms with E-state index in [0.29, 0.717) is 22.6 Å². The van der Waals surface area contributed by atoms with Gasteiger partial charge in [0.25, 0.3) is 0 Å². The summed E-state index contributed by atoms with van der Waals surface area (Å²) in [6, 6.07) is 3.48. The van der Waals surface area contributed by atoms with Gasteiger partial charge in [-0.05, 0) is 40.5 Å². The minimum absolute atomic E-state index is 0.0558. The highest BCUT2D eigenvalue weighted by atomic mass is 79.9. The van der Waals surface area contributed by atoms with Crippen molar-refractivity contribution < 1.29 is 19.7 Å². The second kappa shape index (κ2) is 6.73. The number of aliphatic hydroxyl groups is 2. The molecule has 5 heteroatoms. The van der Waals surface area contributed by atoms with E-state index in [-0.39, 0.29) is 19.8 Å². The molecule has 0 spiro atoms. The van der Waals surface area contributed by atoms with Crippen molar-refractivity contribution >= 4 is 15.9 Å². The van der Waals surface area contributed by atoms with Gasteiger partial charge < -0.3 is 19.7 Å². The lowest BCUT2D eigenvalue weighted by molar-refractivity contribution is 0.193. The molecule has 1 aromatic rings. The maximum absolute atomic E-state index is 9.06. The summed E-state index contributed by atoms with van der Waals surface area (Å²) in [7, 11) is 0. The Hall–Kier alpha value is -0.780. The normalized spacial score (nSPS) is 10.2. The summed E-state index contributed by atoms with van der Waals surface area (Å²) in [4.78, 5) is 0. The average Bonchev–Trinajstić information content (AvgIpc) is 2.28. The third-order valence-corrected chi connectivity index (χ3v) is 2.48. The molecule has 2 N–H and O–H groups in total. The van der Waals surface area contributed by atoms with Crippen molar-refractivity contribution in [2.75, 3.05) is 19.8 Å². The number of ether oxygens (including phenoxy) is 2. The fraction of sp³-hybridized carbons (Fsp3) is 0.455. The van der Waals surface area contributed by atoms with Gasteiger partial charge in [0, 0.05) is 0 Å². The van der Waals surface area contributed by atoms with E-state index in [0.717, 1.165) is 5.56 Å². The molecule has 0 atom stereocenters. The fourth-order valence-corrected chi connectivity index (χ4v) is 1.87. The van der Waals surface area contributed by atoms with Gasteiger partial charge in [-0.25, -0.2) is 0 Å². The van der Waals surface area contributed by atoms with Crippen molar-refractivity contribution in [2.45, 2.75) is 13.5 Å². The van der Waals surface area contributed by atoms with Gasteiger partial charge in [0.1, 0.15) is 6.61 Å². The standard InChI is InChI=1S/C11H15BrO4/c1-2-15-10-6-8(7-14)5-9(12)11(10)16-4-3-13/h5-6,13-14H,2-4,7H2,1H3. The molecule has 4 nitrogen and oxygen atoms in total. The molecule has 1 aromatic carbocycles. The lowest BCUT2D eigenvalue weighted by atomic mass is 10.2. The summed E-state index contributed by atoms with van der Waals surface area (Å²) < 4.78 is 11.5. The van der Waals surface area contributed by atoms with E-state index in [1.54, 1.807) is 12.1 Å². The molecule has 90 valence electrons. The zero-order valence-electron chi connectivity index (χ0n) is 9.07. The zero-order valence-corrected chi connectivity index (χ0v) is 10.7. The van der Waals surface area contributed by atoms with Crippen LogP contribution in [0.2, 0.25) is 0 Å². The average molecular weight is 291 g/mol. The van der Waals surface area contributed by atoms with E-state index >= 15 is 0 Å². The minimum Gasteiger partial charge on any atom is -0.490 e. The molecule has 0 aliphatic heterocycles. The highest BCUT2D eigenvalue weighted by Gasteiger charge is 2.11. The Kier molecular flexibility index (Phi) is 5.59. The zero-order chi connectivity index (χ0) is 12.0. The van der Waals surface area contributed by atoms with Gasteiger partial charge in [-0.3, -0.25) is 0 Å². The molecular formula is C11H15BrO4. The van der Waals surface area contributed by atoms with E-state index < -0.39 is 0 Å². The number of halogens is 1. The quantitative estimate of drug-likeness (QED) is 0.837. The van der Waals surface area contributed by atoms with Gasteiger partial charge >= 0.3 is 0 Å². The van der Waals surface area contributed by atoms with E-state index in [9.17, 15) is 0 Å². The number of benzene rings is 1. The van der Waals surface area contributed by atoms with Crippen molar-refractivity contribution in [1.29, 1.82) is 0 Å². The second-order valence-corrected chi connectivity index (χ2v) is 3.92. The predicted octanol–water partition coefficient (Wildman–Crippen LogP) is 1.71. The van der Waals surface area contributed by atoms with Crippen LogP contribution in [0, 0.1) is 0 Å². The summed E-state index contributed by atoms with van der Waals surface area (Å²) in [6.45, 7) is 2.47. The van der Waals surface area contributed by atoms with E-state index in [4.69, 9.17) is 19.7 Å². The highest BCUT2D eigenvalue weighted by molar-refractivity contribution is 9.10. The van der Waals surface area contributed by atoms with Crippen LogP contribution in [0.25, 0.3) is 0 Å². The largest absolute Gasteiger partial charge is 0.490 e. The molecule has 0 heterocycles. The Balaban J connectivity index is 3.01. The van der Waals surface area contributed by atoms with Gasteiger partial charge in [-0.2, -0.15) is 0 Å². The van der Waals surface area contributed by atoms with Crippen LogP contribution in [0.1, 0.15) is 12.5 Å². The Morgan fingerprint density at radius 2 is 2.00 bits per heavy atom. The third kappa shape index (κ3) is 3.37. The van der Waals surface area contributed by atoms with E-state index in [1.165, 1.54) is 0 Å². The number of hydrogen-bond acceptors (Lipinski definition) is 4. The number of rotatable bonds is 6. The monoisotopic (exact) mass is 290 g/mol. The van der Waals surface area contributed by atoms with Crippen LogP contribution in [0.5, 0.6) is 11.5 Å². The predicted molar refractivity (Wildman–Crippen MR) is 63.8 cm³/mol. The Morgan fingerprint density at radius 1 is 1.25 bits per heavy atom. The van der Waals surface area contributed by atoms with Crippen molar-refractivity contribution in [2.24, 2.45) is 0 Å². The van der Waals surface area contributed by atoms with Gasteiger partial charge in [-0.15, -0.1) is 0 Å². The molecule has 16 heavy (non-hydrogen) atoms. The van der Waals surface area contributed by atoms with Crippen LogP contribution in [0.15, 0.2) is 16.6 Å². The summed E-state index contributed by atoms with van der Waals surface area (Å²) >= 11 is 3.34. The molecule has 0 aliphatic rings. The van der Waals surface area contributed by atoms with Gasteiger partial charge in [0.15, 0.2) is 11.5 Å². The first-order valence-corrected chi connectivity index (χ1v) is 5.82. The molecule has 0 radical (unpaired) electrons. The minimum atomic E-state index is -0.0566. The molecule has 0 bridgehead atoms. The lowest BCUT2D eigenvalue weighted by Gasteiger charge is -2.14. The second-order valence-electron chi connectivity index (χ2n) is 3.07. The van der Waals surface area contributed by atoms with E-state index in [1.807, 2.05) is 6.92 Å². The number of hydrogen-bond donors (Lipinski definition) is 2. The van der Waals surface area contributed by atoms with Gasteiger partial charge in [0.05, 0.1) is 24.3 Å². The summed E-state index contributed by atoms with van der Waals surface area (Å²) in [6.07, 6.45) is 0. The molecule has 0 saturated heterocycles. The topological polar surface area (TPSA) is 58.9 Å². The van der Waals surface area contributed by atoms with Crippen LogP contribution in [-0.4, -0.2) is 30.0 Å². The smallest absolute Gasteiger partial charge is 0.175 e. The third-order valence-electron chi connectivity index (χ3n) is 1.89. The molecule has 1 rings (SSSR count). The highest BCUT2D eigenvalue weighted by Crippen LogP contribution is 2.36. The van der Waals surface area contributed by atoms with Crippen LogP contribution in [-0.2, 0) is 6.61 Å². The molecule has 0 saturated carbocycles. The Labute approximate surface area is 103 Å². The first-order chi connectivity index (χ1) is 7.72. The number of aliphatic hydroxyl groups excluding tert-OH is 2. The van der Waals surface area contributed by atoms with Crippen molar-refractivity contribution in [3.05, 3.63) is 22.2 Å². The van der Waals surface area contributed by atoms with Gasteiger partial charge in [0.2, 0.25) is 0 Å². The molecule has 0 aliphatic carbocycles. The molecule has 0 aromatic heterocycles. The summed E-state index contributed by atoms with van der Waals surface area (Å²) in [5.41, 5.74) is 0.742. The maximum Gasteiger partial charge on any atom is 0.175 e. The lowest BCUT2D eigenvalue weighted by Crippen LogP contribution is -2.05. The molecule has 0 fully saturated rings. The summed E-state index contributed by atoms with van der Waals surface area (Å²) in [5, 5.41) is 17.8. The molecular weight excluding hydrogens is 276 g/mol. The SMILES string of the molecule is CCOc1cc(CO)cc(Br)c1OCCO. The van der Waals surface area contributed by atoms with Crippen molar-refractivity contribution in [3.8, 4) is 11.5 Å². The Morgan fingerprint density at radius 3 is 2.56 bits per heavy atom. The van der Waals surface area contributed by atoms with Crippen LogP contribution >= 0.6 is 15.9 Å². The van der Waals surface area contributed by atoms with Gasteiger partial charge in [-0.1, -0.05) is 0 Å². The first-order valence-electron chi connectivity index (χ1n) is 5.02. The van der Waals surface area contributed by atoms with E-state index in [2.05, 4.69) is 15.9 Å². The van der Waals surface area contributed by atoms with Crippen LogP contribution < -0.4 is 9.47 Å². The Bertz CT molecular complexity index is 341. The maximum atomic E-state index is 9.06. The first kappa shape index (κ1) is 13.3. The molecule has 0 unspecified atom stereocenters. The molecule has 0 amide bonds.